The predicted octanol–water partition coefficient (Wildman–Crippen LogP) is 7.74. The molecule has 0 saturated heterocycles. The first-order valence-electron chi connectivity index (χ1n) is 10.9. The van der Waals surface area contributed by atoms with Crippen molar-refractivity contribution < 1.29 is 0 Å². The summed E-state index contributed by atoms with van der Waals surface area (Å²) in [5, 5.41) is 2.92. The van der Waals surface area contributed by atoms with Gasteiger partial charge in [-0.05, 0) is 58.4 Å². The lowest BCUT2D eigenvalue weighted by Crippen LogP contribution is -2.12. The average molecular weight is 459 g/mol. The van der Waals surface area contributed by atoms with Crippen LogP contribution in [0.15, 0.2) is 58.1 Å². The Morgan fingerprint density at radius 3 is 1.19 bits per heavy atom. The van der Waals surface area contributed by atoms with Gasteiger partial charge in [-0.15, -0.1) is 22.7 Å². The first-order chi connectivity index (χ1) is 14.9. The minimum atomic E-state index is -0.0198. The lowest BCUT2D eigenvalue weighted by atomic mass is 9.86. The largest absolute Gasteiger partial charge is 0.289 e. The molecule has 0 N–H and O–H groups in total. The quantitative estimate of drug-likeness (QED) is 0.222. The number of rotatable bonds is 0. The normalized spacial score (nSPS) is 12.9. The van der Waals surface area contributed by atoms with Gasteiger partial charge in [-0.2, -0.15) is 0 Å². The zero-order valence-corrected chi connectivity index (χ0v) is 20.9. The molecule has 5 rings (SSSR count). The highest BCUT2D eigenvalue weighted by Crippen LogP contribution is 2.34. The zero-order valence-electron chi connectivity index (χ0n) is 19.3. The van der Waals surface area contributed by atoms with Crippen LogP contribution in [0.3, 0.4) is 0 Å². The van der Waals surface area contributed by atoms with E-state index in [9.17, 15) is 9.59 Å². The van der Waals surface area contributed by atoms with E-state index in [1.165, 1.54) is 0 Å². The van der Waals surface area contributed by atoms with E-state index in [1.54, 1.807) is 22.7 Å². The van der Waals surface area contributed by atoms with Crippen molar-refractivity contribution in [3.63, 3.8) is 0 Å². The second kappa shape index (κ2) is 6.97. The van der Waals surface area contributed by atoms with Gasteiger partial charge in [0.15, 0.2) is 10.9 Å². The van der Waals surface area contributed by atoms with Crippen molar-refractivity contribution in [3.8, 4) is 0 Å². The fourth-order valence-electron chi connectivity index (χ4n) is 4.14. The molecule has 0 fully saturated rings. The first-order valence-corrected chi connectivity index (χ1v) is 12.5. The highest BCUT2D eigenvalue weighted by atomic mass is 32.1. The monoisotopic (exact) mass is 458 g/mol. The lowest BCUT2D eigenvalue weighted by Gasteiger charge is -2.19. The Hall–Kier alpha value is -2.56. The van der Waals surface area contributed by atoms with Gasteiger partial charge < -0.3 is 0 Å². The van der Waals surface area contributed by atoms with Crippen molar-refractivity contribution >= 4 is 63.0 Å². The van der Waals surface area contributed by atoms with Crippen molar-refractivity contribution in [1.82, 2.24) is 0 Å². The highest BCUT2D eigenvalue weighted by Gasteiger charge is 2.18. The van der Waals surface area contributed by atoms with E-state index in [2.05, 4.69) is 53.7 Å². The molecule has 5 aromatic rings. The van der Waals surface area contributed by atoms with E-state index >= 15 is 0 Å². The van der Waals surface area contributed by atoms with Gasteiger partial charge in [-0.25, -0.2) is 0 Å². The maximum absolute atomic E-state index is 13.4. The molecule has 162 valence electrons. The molecule has 0 bridgehead atoms. The molecule has 0 radical (unpaired) electrons. The Morgan fingerprint density at radius 1 is 0.500 bits per heavy atom. The van der Waals surface area contributed by atoms with Gasteiger partial charge in [0, 0.05) is 40.3 Å². The molecule has 2 heterocycles. The van der Waals surface area contributed by atoms with Gasteiger partial charge in [-0.3, -0.25) is 9.59 Å². The predicted molar refractivity (Wildman–Crippen MR) is 142 cm³/mol. The number of benzene rings is 3. The van der Waals surface area contributed by atoms with E-state index in [-0.39, 0.29) is 21.7 Å². The van der Waals surface area contributed by atoms with Crippen LogP contribution in [0, 0.1) is 0 Å². The minimum absolute atomic E-state index is 0.0198. The van der Waals surface area contributed by atoms with Gasteiger partial charge in [0.1, 0.15) is 0 Å². The molecule has 0 aliphatic rings. The Kier molecular flexibility index (Phi) is 4.64. The van der Waals surface area contributed by atoms with Crippen molar-refractivity contribution in [1.29, 1.82) is 0 Å². The summed E-state index contributed by atoms with van der Waals surface area (Å²) in [6, 6.07) is 16.2. The molecule has 0 atom stereocenters. The van der Waals surface area contributed by atoms with Gasteiger partial charge >= 0.3 is 0 Å². The van der Waals surface area contributed by atoms with E-state index in [0.717, 1.165) is 40.7 Å². The van der Waals surface area contributed by atoms with Crippen molar-refractivity contribution in [3.05, 3.63) is 80.1 Å². The second-order valence-electron chi connectivity index (χ2n) is 10.6. The molecule has 0 spiro atoms. The van der Waals surface area contributed by atoms with E-state index in [0.29, 0.717) is 10.8 Å². The summed E-state index contributed by atoms with van der Waals surface area (Å²) in [7, 11) is 0. The number of fused-ring (bicyclic) bond motifs is 4. The molecule has 0 unspecified atom stereocenters. The second-order valence-corrected chi connectivity index (χ2v) is 12.8. The maximum Gasteiger partial charge on any atom is 0.195 e. The summed E-state index contributed by atoms with van der Waals surface area (Å²) in [5.41, 5.74) is 2.36. The first kappa shape index (κ1) is 21.3. The average Bonchev–Trinajstić information content (AvgIpc) is 2.71. The smallest absolute Gasteiger partial charge is 0.195 e. The summed E-state index contributed by atoms with van der Waals surface area (Å²) in [6.07, 6.45) is 0. The third-order valence-corrected chi connectivity index (χ3v) is 8.46. The molecule has 2 aromatic heterocycles. The van der Waals surface area contributed by atoms with Crippen LogP contribution in [-0.2, 0) is 10.8 Å². The summed E-state index contributed by atoms with van der Waals surface area (Å²) in [4.78, 5) is 26.9. The fourth-order valence-corrected chi connectivity index (χ4v) is 6.28. The zero-order chi connectivity index (χ0) is 23.0. The molecule has 0 aliphatic heterocycles. The van der Waals surface area contributed by atoms with Crippen LogP contribution in [-0.4, -0.2) is 0 Å². The SMILES string of the molecule is CC(C)(C)c1ccc2sc3cc4c(=O)c5cc(C(C)(C)C)ccc5sc4cc3c(=O)c2c1. The fraction of sp³-hybridized carbons (Fsp3) is 0.286. The molecule has 4 heteroatoms. The van der Waals surface area contributed by atoms with Gasteiger partial charge in [0.2, 0.25) is 0 Å². The third kappa shape index (κ3) is 3.37. The van der Waals surface area contributed by atoms with Crippen LogP contribution in [0.5, 0.6) is 0 Å². The van der Waals surface area contributed by atoms with Crippen molar-refractivity contribution in [2.24, 2.45) is 0 Å². The molecule has 0 aliphatic carbocycles. The molecule has 2 nitrogen and oxygen atoms in total. The van der Waals surface area contributed by atoms with E-state index < -0.39 is 0 Å². The molecular weight excluding hydrogens is 432 g/mol. The van der Waals surface area contributed by atoms with Crippen LogP contribution in [0.4, 0.5) is 0 Å². The van der Waals surface area contributed by atoms with Crippen LogP contribution >= 0.6 is 22.7 Å². The minimum Gasteiger partial charge on any atom is -0.289 e. The molecule has 3 aromatic carbocycles. The summed E-state index contributed by atoms with van der Waals surface area (Å²) >= 11 is 3.17. The number of hydrogen-bond donors (Lipinski definition) is 0. The van der Waals surface area contributed by atoms with Crippen LogP contribution < -0.4 is 10.9 Å². The molecule has 32 heavy (non-hydrogen) atoms. The summed E-state index contributed by atoms with van der Waals surface area (Å²) in [5.74, 6) is 0. The van der Waals surface area contributed by atoms with E-state index in [4.69, 9.17) is 0 Å². The van der Waals surface area contributed by atoms with Crippen LogP contribution in [0.1, 0.15) is 52.7 Å². The molecule has 0 amide bonds. The highest BCUT2D eigenvalue weighted by molar-refractivity contribution is 7.26. The van der Waals surface area contributed by atoms with Crippen LogP contribution in [0.2, 0.25) is 0 Å². The Morgan fingerprint density at radius 2 is 0.844 bits per heavy atom. The Balaban J connectivity index is 1.85. The Labute approximate surface area is 195 Å². The van der Waals surface area contributed by atoms with Crippen molar-refractivity contribution in [2.45, 2.75) is 52.4 Å². The molecular formula is C28H26O2S2. The van der Waals surface area contributed by atoms with E-state index in [1.807, 2.05) is 36.4 Å². The Bertz CT molecular complexity index is 1550. The van der Waals surface area contributed by atoms with Gasteiger partial charge in [0.25, 0.3) is 0 Å². The standard InChI is InChI=1S/C28H26O2S2/c1-27(2,3)15-7-9-21-17(11-15)25(29)19-13-24-20(14-23(19)31-21)26(30)18-12-16(28(4,5)6)8-10-22(18)32-24/h7-14H,1-6H3. The van der Waals surface area contributed by atoms with Crippen molar-refractivity contribution in [2.75, 3.05) is 0 Å². The summed E-state index contributed by atoms with van der Waals surface area (Å²) in [6.45, 7) is 12.9. The molecule has 0 saturated carbocycles. The third-order valence-electron chi connectivity index (χ3n) is 6.19. The topological polar surface area (TPSA) is 34.1 Å². The lowest BCUT2D eigenvalue weighted by molar-refractivity contribution is 0.591. The van der Waals surface area contributed by atoms with Crippen LogP contribution in [0.25, 0.3) is 40.3 Å². The van der Waals surface area contributed by atoms with Gasteiger partial charge in [0.05, 0.1) is 0 Å². The number of hydrogen-bond acceptors (Lipinski definition) is 4. The summed E-state index contributed by atoms with van der Waals surface area (Å²) < 4.78 is 3.66. The maximum atomic E-state index is 13.4. The van der Waals surface area contributed by atoms with Gasteiger partial charge in [-0.1, -0.05) is 53.7 Å².